The molecule has 0 aliphatic heterocycles. The summed E-state index contributed by atoms with van der Waals surface area (Å²) in [4.78, 5) is 12.7. The van der Waals surface area contributed by atoms with Gasteiger partial charge in [-0.25, -0.2) is 4.39 Å². The van der Waals surface area contributed by atoms with Crippen LogP contribution in [0.15, 0.2) is 77.5 Å². The van der Waals surface area contributed by atoms with Gasteiger partial charge in [-0.2, -0.15) is 0 Å². The predicted octanol–water partition coefficient (Wildman–Crippen LogP) is 4.75. The van der Waals surface area contributed by atoms with Crippen LogP contribution in [0.3, 0.4) is 0 Å². The average molecular weight is 376 g/mol. The molecule has 5 heteroatoms. The summed E-state index contributed by atoms with van der Waals surface area (Å²) in [6.45, 7) is 0.331. The molecule has 1 atom stereocenters. The maximum Gasteiger partial charge on any atom is 0.221 e. The molecule has 4 aromatic rings. The Balaban J connectivity index is 1.67. The number of fused-ring (bicyclic) bond motifs is 1. The fourth-order valence-electron chi connectivity index (χ4n) is 3.64. The van der Waals surface area contributed by atoms with E-state index in [1.54, 1.807) is 18.4 Å². The maximum atomic E-state index is 13.9. The zero-order valence-corrected chi connectivity index (χ0v) is 15.6. The molecule has 0 fully saturated rings. The highest BCUT2D eigenvalue weighted by atomic mass is 19.1. The van der Waals surface area contributed by atoms with Crippen LogP contribution in [0.25, 0.3) is 10.9 Å². The normalized spacial score (nSPS) is 12.2. The minimum atomic E-state index is -0.307. The van der Waals surface area contributed by atoms with E-state index in [1.807, 2.05) is 54.2 Å². The van der Waals surface area contributed by atoms with Crippen LogP contribution in [-0.2, 0) is 18.4 Å². The molecule has 1 amide bonds. The topological polar surface area (TPSA) is 47.2 Å². The first-order valence-electron chi connectivity index (χ1n) is 9.20. The quantitative estimate of drug-likeness (QED) is 0.528. The van der Waals surface area contributed by atoms with Crippen LogP contribution < -0.4 is 5.32 Å². The second-order valence-electron chi connectivity index (χ2n) is 6.88. The second-order valence-corrected chi connectivity index (χ2v) is 6.88. The number of hydrogen-bond donors (Lipinski definition) is 1. The van der Waals surface area contributed by atoms with Gasteiger partial charge in [-0.1, -0.05) is 30.3 Å². The van der Waals surface area contributed by atoms with E-state index in [-0.39, 0.29) is 24.1 Å². The van der Waals surface area contributed by atoms with E-state index in [9.17, 15) is 9.18 Å². The predicted molar refractivity (Wildman–Crippen MR) is 106 cm³/mol. The Labute approximate surface area is 162 Å². The van der Waals surface area contributed by atoms with Crippen molar-refractivity contribution < 1.29 is 13.6 Å². The molecular formula is C23H21FN2O2. The molecule has 28 heavy (non-hydrogen) atoms. The van der Waals surface area contributed by atoms with Gasteiger partial charge in [0.2, 0.25) is 5.91 Å². The Bertz CT molecular complexity index is 1100. The lowest BCUT2D eigenvalue weighted by molar-refractivity contribution is -0.121. The summed E-state index contributed by atoms with van der Waals surface area (Å²) in [5, 5.41) is 3.96. The Morgan fingerprint density at radius 3 is 2.79 bits per heavy atom. The fraction of sp³-hybridized carbons (Fsp3) is 0.174. The molecule has 2 aromatic carbocycles. The lowest BCUT2D eigenvalue weighted by Gasteiger charge is -2.17. The number of benzene rings is 2. The number of aryl methyl sites for hydroxylation is 1. The lowest BCUT2D eigenvalue weighted by Crippen LogP contribution is -2.24. The van der Waals surface area contributed by atoms with E-state index >= 15 is 0 Å². The van der Waals surface area contributed by atoms with Crippen LogP contribution in [0.1, 0.15) is 29.2 Å². The molecule has 0 radical (unpaired) electrons. The molecule has 4 rings (SSSR count). The van der Waals surface area contributed by atoms with Crippen LogP contribution in [-0.4, -0.2) is 10.5 Å². The highest BCUT2D eigenvalue weighted by molar-refractivity contribution is 5.86. The van der Waals surface area contributed by atoms with Gasteiger partial charge in [-0.05, 0) is 41.5 Å². The molecule has 142 valence electrons. The number of hydrogen-bond acceptors (Lipinski definition) is 2. The SMILES string of the molecule is Cn1cc(C(CC(=O)NCc2ccco2)c2cccc(F)c2)c2ccccc21. The van der Waals surface area contributed by atoms with Gasteiger partial charge in [0.25, 0.3) is 0 Å². The molecule has 2 aromatic heterocycles. The van der Waals surface area contributed by atoms with Crippen LogP contribution in [0, 0.1) is 5.82 Å². The number of carbonyl (C=O) groups is 1. The highest BCUT2D eigenvalue weighted by Gasteiger charge is 2.22. The van der Waals surface area contributed by atoms with Crippen LogP contribution in [0.4, 0.5) is 4.39 Å². The van der Waals surface area contributed by atoms with E-state index in [1.165, 1.54) is 12.1 Å². The molecule has 0 spiro atoms. The van der Waals surface area contributed by atoms with Crippen LogP contribution >= 0.6 is 0 Å². The Hall–Kier alpha value is -3.34. The van der Waals surface area contributed by atoms with Gasteiger partial charge in [0.05, 0.1) is 12.8 Å². The van der Waals surface area contributed by atoms with E-state index in [0.717, 1.165) is 22.0 Å². The number of halogens is 1. The fourth-order valence-corrected chi connectivity index (χ4v) is 3.64. The molecule has 2 heterocycles. The number of nitrogens with one attached hydrogen (secondary N) is 1. The van der Waals surface area contributed by atoms with Crippen molar-refractivity contribution in [3.63, 3.8) is 0 Å². The number of amides is 1. The van der Waals surface area contributed by atoms with Gasteiger partial charge in [0.15, 0.2) is 0 Å². The molecule has 1 unspecified atom stereocenters. The summed E-state index contributed by atoms with van der Waals surface area (Å²) in [6.07, 6.45) is 3.82. The summed E-state index contributed by atoms with van der Waals surface area (Å²) < 4.78 is 21.2. The number of furan rings is 1. The van der Waals surface area contributed by atoms with Crippen LogP contribution in [0.5, 0.6) is 0 Å². The first-order chi connectivity index (χ1) is 13.6. The minimum absolute atomic E-state index is 0.112. The summed E-state index contributed by atoms with van der Waals surface area (Å²) >= 11 is 0. The molecule has 0 aliphatic carbocycles. The van der Waals surface area contributed by atoms with Crippen molar-refractivity contribution in [3.8, 4) is 0 Å². The first-order valence-corrected chi connectivity index (χ1v) is 9.20. The minimum Gasteiger partial charge on any atom is -0.467 e. The van der Waals surface area contributed by atoms with E-state index in [4.69, 9.17) is 4.42 Å². The van der Waals surface area contributed by atoms with Gasteiger partial charge >= 0.3 is 0 Å². The second kappa shape index (κ2) is 7.72. The standard InChI is InChI=1S/C23H21FN2O2/c1-26-15-21(19-9-2-3-10-22(19)26)20(16-6-4-7-17(24)12-16)13-23(27)25-14-18-8-5-11-28-18/h2-12,15,20H,13-14H2,1H3,(H,25,27). The Morgan fingerprint density at radius 2 is 2.00 bits per heavy atom. The van der Waals surface area contributed by atoms with E-state index in [2.05, 4.69) is 5.32 Å². The average Bonchev–Trinajstić information content (AvgIpc) is 3.33. The maximum absolute atomic E-state index is 13.9. The third kappa shape index (κ3) is 3.69. The van der Waals surface area contributed by atoms with Gasteiger partial charge in [-0.15, -0.1) is 0 Å². The van der Waals surface area contributed by atoms with E-state index < -0.39 is 0 Å². The number of carbonyl (C=O) groups excluding carboxylic acids is 1. The van der Waals surface area contributed by atoms with Crippen molar-refractivity contribution >= 4 is 16.8 Å². The molecule has 1 N–H and O–H groups in total. The van der Waals surface area contributed by atoms with Crippen molar-refractivity contribution in [2.45, 2.75) is 18.9 Å². The largest absolute Gasteiger partial charge is 0.467 e. The zero-order chi connectivity index (χ0) is 19.5. The summed E-state index contributed by atoms with van der Waals surface area (Å²) in [5.74, 6) is 0.0246. The smallest absolute Gasteiger partial charge is 0.221 e. The van der Waals surface area contributed by atoms with Crippen LogP contribution in [0.2, 0.25) is 0 Å². The molecule has 4 nitrogen and oxygen atoms in total. The first kappa shape index (κ1) is 18.0. The van der Waals surface area contributed by atoms with Gasteiger partial charge in [-0.3, -0.25) is 4.79 Å². The third-order valence-electron chi connectivity index (χ3n) is 4.98. The highest BCUT2D eigenvalue weighted by Crippen LogP contribution is 2.34. The van der Waals surface area contributed by atoms with Crippen molar-refractivity contribution in [2.75, 3.05) is 0 Å². The van der Waals surface area contributed by atoms with Crippen molar-refractivity contribution in [1.29, 1.82) is 0 Å². The summed E-state index contributed by atoms with van der Waals surface area (Å²) in [7, 11) is 1.98. The molecule has 0 saturated carbocycles. The molecule has 0 saturated heterocycles. The number of para-hydroxylation sites is 1. The summed E-state index contributed by atoms with van der Waals surface area (Å²) in [6, 6.07) is 18.1. The zero-order valence-electron chi connectivity index (χ0n) is 15.6. The third-order valence-corrected chi connectivity index (χ3v) is 4.98. The summed E-state index contributed by atoms with van der Waals surface area (Å²) in [5.41, 5.74) is 2.87. The number of aromatic nitrogens is 1. The van der Waals surface area contributed by atoms with Crippen molar-refractivity contribution in [2.24, 2.45) is 7.05 Å². The lowest BCUT2D eigenvalue weighted by atomic mass is 9.88. The molecular weight excluding hydrogens is 355 g/mol. The molecule has 0 aliphatic rings. The van der Waals surface area contributed by atoms with E-state index in [0.29, 0.717) is 12.3 Å². The van der Waals surface area contributed by atoms with Gasteiger partial charge < -0.3 is 14.3 Å². The van der Waals surface area contributed by atoms with Crippen molar-refractivity contribution in [3.05, 3.63) is 95.8 Å². The Morgan fingerprint density at radius 1 is 1.14 bits per heavy atom. The Kier molecular flexibility index (Phi) is 4.98. The van der Waals surface area contributed by atoms with Gasteiger partial charge in [0.1, 0.15) is 11.6 Å². The van der Waals surface area contributed by atoms with Crippen molar-refractivity contribution in [1.82, 2.24) is 9.88 Å². The molecule has 0 bridgehead atoms. The monoisotopic (exact) mass is 376 g/mol. The number of rotatable bonds is 6. The number of nitrogens with zero attached hydrogens (tertiary/aromatic N) is 1. The van der Waals surface area contributed by atoms with Gasteiger partial charge in [0, 0.05) is 36.5 Å².